The van der Waals surface area contributed by atoms with Crippen LogP contribution < -0.4 is 20.1 Å². The van der Waals surface area contributed by atoms with Gasteiger partial charge in [0.25, 0.3) is 0 Å². The lowest BCUT2D eigenvalue weighted by atomic mass is 9.89. The minimum absolute atomic E-state index is 0.0128. The zero-order valence-electron chi connectivity index (χ0n) is 29.5. The SMILES string of the molecule is O=C(NCCCC[C@H](NC(=O)OCC1c2ccccc2-c2ccccc21)C(=O)Oc1c(F)c(F)c(F)c(F)c1F)OCC1c2ccccc2Oc2ccccc21. The third kappa shape index (κ3) is 7.72. The molecule has 14 heteroatoms. The fourth-order valence-electron chi connectivity index (χ4n) is 6.94. The van der Waals surface area contributed by atoms with Crippen molar-refractivity contribution < 1.29 is 55.3 Å². The van der Waals surface area contributed by atoms with E-state index in [1.54, 1.807) is 0 Å². The number of rotatable bonds is 12. The van der Waals surface area contributed by atoms with E-state index in [0.717, 1.165) is 33.4 Å². The molecule has 0 fully saturated rings. The smallest absolute Gasteiger partial charge is 0.407 e. The summed E-state index contributed by atoms with van der Waals surface area (Å²) >= 11 is 0. The van der Waals surface area contributed by atoms with Gasteiger partial charge in [0, 0.05) is 23.6 Å². The molecule has 0 aromatic heterocycles. The number of hydrogen-bond donors (Lipinski definition) is 2. The summed E-state index contributed by atoms with van der Waals surface area (Å²) in [5.41, 5.74) is 5.48. The Morgan fingerprint density at radius 3 is 1.62 bits per heavy atom. The first kappa shape index (κ1) is 37.9. The highest BCUT2D eigenvalue weighted by atomic mass is 19.2. The number of unbranched alkanes of at least 4 members (excludes halogenated alkanes) is 1. The average Bonchev–Trinajstić information content (AvgIpc) is 3.54. The number of carbonyl (C=O) groups is 3. The molecule has 0 saturated heterocycles. The summed E-state index contributed by atoms with van der Waals surface area (Å²) in [7, 11) is 0. The van der Waals surface area contributed by atoms with Crippen LogP contribution >= 0.6 is 0 Å². The number of carbonyl (C=O) groups excluding carboxylic acids is 3. The highest BCUT2D eigenvalue weighted by Gasteiger charge is 2.33. The van der Waals surface area contributed by atoms with Crippen LogP contribution in [-0.4, -0.2) is 44.0 Å². The lowest BCUT2D eigenvalue weighted by Gasteiger charge is -2.27. The molecule has 0 spiro atoms. The Balaban J connectivity index is 0.966. The first-order valence-corrected chi connectivity index (χ1v) is 17.7. The molecule has 2 N–H and O–H groups in total. The normalized spacial score (nSPS) is 13.3. The van der Waals surface area contributed by atoms with Gasteiger partial charge in [-0.05, 0) is 53.6 Å². The molecule has 2 amide bonds. The van der Waals surface area contributed by atoms with Gasteiger partial charge in [0.1, 0.15) is 30.8 Å². The van der Waals surface area contributed by atoms with Gasteiger partial charge in [-0.1, -0.05) is 84.9 Å². The molecule has 1 atom stereocenters. The number of halogens is 5. The molecule has 56 heavy (non-hydrogen) atoms. The van der Waals surface area contributed by atoms with E-state index in [1.165, 1.54) is 0 Å². The number of nitrogens with one attached hydrogen (secondary N) is 2. The number of ether oxygens (including phenoxy) is 4. The number of para-hydroxylation sites is 2. The predicted molar refractivity (Wildman–Crippen MR) is 192 cm³/mol. The molecule has 288 valence electrons. The van der Waals surface area contributed by atoms with Crippen LogP contribution in [0.3, 0.4) is 0 Å². The van der Waals surface area contributed by atoms with Gasteiger partial charge >= 0.3 is 18.2 Å². The van der Waals surface area contributed by atoms with Crippen molar-refractivity contribution in [1.82, 2.24) is 10.6 Å². The van der Waals surface area contributed by atoms with Crippen LogP contribution in [0, 0.1) is 29.1 Å². The van der Waals surface area contributed by atoms with Crippen LogP contribution in [0.5, 0.6) is 17.2 Å². The molecule has 0 bridgehead atoms. The lowest BCUT2D eigenvalue weighted by molar-refractivity contribution is -0.137. The van der Waals surface area contributed by atoms with Crippen molar-refractivity contribution in [2.45, 2.75) is 37.1 Å². The van der Waals surface area contributed by atoms with Gasteiger partial charge in [0.2, 0.25) is 34.8 Å². The van der Waals surface area contributed by atoms with Gasteiger partial charge in [-0.2, -0.15) is 8.78 Å². The molecule has 2 aliphatic rings. The van der Waals surface area contributed by atoms with E-state index < -0.39 is 59.0 Å². The van der Waals surface area contributed by atoms with Crippen LogP contribution in [0.4, 0.5) is 31.5 Å². The zero-order valence-corrected chi connectivity index (χ0v) is 29.5. The number of amides is 2. The van der Waals surface area contributed by atoms with Crippen LogP contribution in [0.15, 0.2) is 97.1 Å². The summed E-state index contributed by atoms with van der Waals surface area (Å²) in [4.78, 5) is 38.9. The van der Waals surface area contributed by atoms with E-state index in [4.69, 9.17) is 14.2 Å². The van der Waals surface area contributed by atoms with Crippen molar-refractivity contribution in [3.8, 4) is 28.4 Å². The van der Waals surface area contributed by atoms with Crippen molar-refractivity contribution in [1.29, 1.82) is 0 Å². The van der Waals surface area contributed by atoms with E-state index in [1.807, 2.05) is 97.1 Å². The highest BCUT2D eigenvalue weighted by molar-refractivity contribution is 5.83. The molecule has 0 saturated carbocycles. The number of alkyl carbamates (subject to hydrolysis) is 2. The average molecular weight is 773 g/mol. The number of benzene rings is 5. The predicted octanol–water partition coefficient (Wildman–Crippen LogP) is 9.03. The van der Waals surface area contributed by atoms with Crippen molar-refractivity contribution in [3.63, 3.8) is 0 Å². The Morgan fingerprint density at radius 2 is 1.05 bits per heavy atom. The standard InChI is InChI=1S/C42H33F5N2O7/c43-34-35(44)37(46)39(38(47)36(34)45)56-40(50)31(49-42(52)54-21-29-25-13-3-1-11-23(25)24-12-2-4-14-26(24)29)17-9-10-20-48-41(51)53-22-30-27-15-5-7-18-32(27)55-33-19-8-6-16-28(30)33/h1-8,11-16,18-19,29-31H,9-10,17,20-22H2,(H,48,51)(H,49,52)/t31-/m0/s1. The molecule has 7 rings (SSSR count). The second-order valence-electron chi connectivity index (χ2n) is 13.1. The number of hydrogen-bond acceptors (Lipinski definition) is 7. The Bertz CT molecular complexity index is 2180. The van der Waals surface area contributed by atoms with Crippen molar-refractivity contribution >= 4 is 18.2 Å². The minimum atomic E-state index is -2.43. The molecule has 1 heterocycles. The maximum Gasteiger partial charge on any atom is 0.407 e. The summed E-state index contributed by atoms with van der Waals surface area (Å²) in [6.45, 7) is -0.0701. The second-order valence-corrected chi connectivity index (χ2v) is 13.1. The van der Waals surface area contributed by atoms with Crippen LogP contribution in [0.25, 0.3) is 11.1 Å². The van der Waals surface area contributed by atoms with E-state index in [9.17, 15) is 36.3 Å². The Labute approximate surface area is 317 Å². The fourth-order valence-corrected chi connectivity index (χ4v) is 6.94. The van der Waals surface area contributed by atoms with E-state index in [-0.39, 0.29) is 50.9 Å². The Morgan fingerprint density at radius 1 is 0.589 bits per heavy atom. The van der Waals surface area contributed by atoms with Gasteiger partial charge in [0.15, 0.2) is 0 Å². The first-order chi connectivity index (χ1) is 27.1. The summed E-state index contributed by atoms with van der Waals surface area (Å²) in [5, 5.41) is 4.91. The third-order valence-corrected chi connectivity index (χ3v) is 9.67. The van der Waals surface area contributed by atoms with Crippen LogP contribution in [0.1, 0.15) is 53.4 Å². The fraction of sp³-hybridized carbons (Fsp3) is 0.214. The molecular weight excluding hydrogens is 739 g/mol. The Hall–Kier alpha value is -6.44. The van der Waals surface area contributed by atoms with Gasteiger partial charge in [-0.25, -0.2) is 27.6 Å². The van der Waals surface area contributed by atoms with E-state index in [0.29, 0.717) is 11.5 Å². The largest absolute Gasteiger partial charge is 0.457 e. The summed E-state index contributed by atoms with van der Waals surface area (Å²) < 4.78 is 91.9. The van der Waals surface area contributed by atoms with Gasteiger partial charge in [-0.15, -0.1) is 0 Å². The molecule has 1 aliphatic carbocycles. The summed E-state index contributed by atoms with van der Waals surface area (Å²) in [5.74, 6) is -14.4. The van der Waals surface area contributed by atoms with Crippen molar-refractivity contribution in [3.05, 3.63) is 148 Å². The number of fused-ring (bicyclic) bond motifs is 5. The Kier molecular flexibility index (Phi) is 11.2. The molecule has 0 radical (unpaired) electrons. The lowest BCUT2D eigenvalue weighted by Crippen LogP contribution is -2.44. The zero-order chi connectivity index (χ0) is 39.3. The van der Waals surface area contributed by atoms with Crippen LogP contribution in [-0.2, 0) is 14.3 Å². The van der Waals surface area contributed by atoms with Gasteiger partial charge in [-0.3, -0.25) is 0 Å². The molecular formula is C42H33F5N2O7. The van der Waals surface area contributed by atoms with E-state index in [2.05, 4.69) is 15.4 Å². The van der Waals surface area contributed by atoms with Gasteiger partial charge in [0.05, 0.1) is 5.92 Å². The topological polar surface area (TPSA) is 112 Å². The maximum atomic E-state index is 14.4. The van der Waals surface area contributed by atoms with E-state index >= 15 is 0 Å². The minimum Gasteiger partial charge on any atom is -0.457 e. The molecule has 9 nitrogen and oxygen atoms in total. The highest BCUT2D eigenvalue weighted by Crippen LogP contribution is 2.45. The van der Waals surface area contributed by atoms with Gasteiger partial charge < -0.3 is 29.6 Å². The van der Waals surface area contributed by atoms with Crippen molar-refractivity contribution in [2.75, 3.05) is 19.8 Å². The molecule has 1 aliphatic heterocycles. The maximum absolute atomic E-state index is 14.4. The molecule has 0 unspecified atom stereocenters. The molecule has 5 aromatic rings. The summed E-state index contributed by atoms with van der Waals surface area (Å²) in [6.07, 6.45) is -1.71. The van der Waals surface area contributed by atoms with Crippen LogP contribution in [0.2, 0.25) is 0 Å². The first-order valence-electron chi connectivity index (χ1n) is 17.7. The monoisotopic (exact) mass is 772 g/mol. The summed E-state index contributed by atoms with van der Waals surface area (Å²) in [6, 6.07) is 28.3. The third-order valence-electron chi connectivity index (χ3n) is 9.67. The number of esters is 1. The quantitative estimate of drug-likeness (QED) is 0.0325. The second kappa shape index (κ2) is 16.5. The van der Waals surface area contributed by atoms with Crippen molar-refractivity contribution in [2.24, 2.45) is 0 Å². The molecule has 5 aromatic carbocycles.